The number of nitrogens with one attached hydrogen (secondary N) is 1. The highest BCUT2D eigenvalue weighted by Crippen LogP contribution is 2.40. The highest BCUT2D eigenvalue weighted by Gasteiger charge is 2.48. The molecule has 1 heterocycles. The van der Waals surface area contributed by atoms with Crippen LogP contribution in [0.5, 0.6) is 0 Å². The number of carbonyl (C=O) groups is 3. The Balaban J connectivity index is 1.74. The first-order valence-corrected chi connectivity index (χ1v) is 8.71. The number of hydrogen-bond acceptors (Lipinski definition) is 5. The number of anilines is 1. The number of hydrogen-bond donors (Lipinski definition) is 1. The van der Waals surface area contributed by atoms with Crippen LogP contribution in [0, 0.1) is 23.2 Å². The van der Waals surface area contributed by atoms with Gasteiger partial charge in [-0.1, -0.05) is 25.0 Å². The Morgan fingerprint density at radius 1 is 1.19 bits per heavy atom. The molecular formula is C19H20N4O3. The monoisotopic (exact) mass is 352 g/mol. The van der Waals surface area contributed by atoms with E-state index >= 15 is 0 Å². The standard InChI is InChI=1S/C19H20N4O3/c1-12(21-22-17(24)10-11-20)13-6-8-14(9-7-13)23-18(25)15-4-2-3-5-16(15)19(23)26/h6-9,15-16H,2-5,10H2,1H3,(H,22,24)/b21-12+. The van der Waals surface area contributed by atoms with Gasteiger partial charge in [0.05, 0.1) is 29.3 Å². The number of imide groups is 1. The van der Waals surface area contributed by atoms with Crippen LogP contribution in [0.25, 0.3) is 0 Å². The summed E-state index contributed by atoms with van der Waals surface area (Å²) in [5.74, 6) is -1.01. The van der Waals surface area contributed by atoms with Gasteiger partial charge in [-0.05, 0) is 37.5 Å². The van der Waals surface area contributed by atoms with Gasteiger partial charge in [0.25, 0.3) is 5.91 Å². The van der Waals surface area contributed by atoms with Crippen LogP contribution >= 0.6 is 0 Å². The van der Waals surface area contributed by atoms with Crippen molar-refractivity contribution in [1.82, 2.24) is 5.43 Å². The summed E-state index contributed by atoms with van der Waals surface area (Å²) < 4.78 is 0. The molecule has 26 heavy (non-hydrogen) atoms. The molecule has 2 atom stereocenters. The quantitative estimate of drug-likeness (QED) is 0.509. The maximum atomic E-state index is 12.6. The number of benzene rings is 1. The van der Waals surface area contributed by atoms with Crippen LogP contribution in [0.1, 0.15) is 44.6 Å². The molecule has 1 aromatic carbocycles. The van der Waals surface area contributed by atoms with Crippen LogP contribution in [-0.4, -0.2) is 23.4 Å². The molecule has 1 aliphatic heterocycles. The number of hydrazone groups is 1. The third kappa shape index (κ3) is 3.36. The summed E-state index contributed by atoms with van der Waals surface area (Å²) in [5, 5.41) is 12.4. The Morgan fingerprint density at radius 3 is 2.31 bits per heavy atom. The van der Waals surface area contributed by atoms with E-state index in [0.29, 0.717) is 11.4 Å². The van der Waals surface area contributed by atoms with Gasteiger partial charge in [-0.2, -0.15) is 10.4 Å². The van der Waals surface area contributed by atoms with Crippen LogP contribution in [0.15, 0.2) is 29.4 Å². The molecule has 7 heteroatoms. The molecule has 1 aromatic rings. The molecule has 2 aliphatic rings. The fourth-order valence-corrected chi connectivity index (χ4v) is 3.59. The predicted octanol–water partition coefficient (Wildman–Crippen LogP) is 2.12. The molecule has 1 aliphatic carbocycles. The number of carbonyl (C=O) groups excluding carboxylic acids is 3. The van der Waals surface area contributed by atoms with Crippen molar-refractivity contribution in [1.29, 1.82) is 5.26 Å². The van der Waals surface area contributed by atoms with Crippen molar-refractivity contribution in [2.24, 2.45) is 16.9 Å². The molecule has 134 valence electrons. The average Bonchev–Trinajstić information content (AvgIpc) is 2.91. The lowest BCUT2D eigenvalue weighted by Crippen LogP contribution is -2.30. The van der Waals surface area contributed by atoms with E-state index in [1.54, 1.807) is 37.3 Å². The first-order valence-electron chi connectivity index (χ1n) is 8.71. The molecule has 0 spiro atoms. The van der Waals surface area contributed by atoms with Crippen molar-refractivity contribution in [2.45, 2.75) is 39.0 Å². The van der Waals surface area contributed by atoms with Crippen molar-refractivity contribution in [3.8, 4) is 6.07 Å². The molecule has 2 fully saturated rings. The van der Waals surface area contributed by atoms with Crippen molar-refractivity contribution in [3.63, 3.8) is 0 Å². The third-order valence-electron chi connectivity index (χ3n) is 4.97. The van der Waals surface area contributed by atoms with Gasteiger partial charge in [-0.25, -0.2) is 5.43 Å². The molecule has 1 saturated heterocycles. The van der Waals surface area contributed by atoms with Crippen molar-refractivity contribution in [3.05, 3.63) is 29.8 Å². The number of fused-ring (bicyclic) bond motifs is 1. The molecule has 1 N–H and O–H groups in total. The second kappa shape index (κ2) is 7.48. The number of rotatable bonds is 4. The first-order chi connectivity index (χ1) is 12.5. The number of nitrogens with zero attached hydrogens (tertiary/aromatic N) is 3. The Labute approximate surface area is 151 Å². The second-order valence-corrected chi connectivity index (χ2v) is 6.62. The summed E-state index contributed by atoms with van der Waals surface area (Å²) in [7, 11) is 0. The van der Waals surface area contributed by atoms with E-state index in [0.717, 1.165) is 31.2 Å². The minimum atomic E-state index is -0.473. The minimum Gasteiger partial charge on any atom is -0.274 e. The van der Waals surface area contributed by atoms with Gasteiger partial charge in [-0.3, -0.25) is 19.3 Å². The van der Waals surface area contributed by atoms with Crippen LogP contribution in [-0.2, 0) is 14.4 Å². The Bertz CT molecular complexity index is 783. The van der Waals surface area contributed by atoms with Gasteiger partial charge in [0, 0.05) is 0 Å². The molecule has 2 unspecified atom stereocenters. The first kappa shape index (κ1) is 17.8. The van der Waals surface area contributed by atoms with E-state index in [-0.39, 0.29) is 30.1 Å². The third-order valence-corrected chi connectivity index (χ3v) is 4.97. The van der Waals surface area contributed by atoms with E-state index in [2.05, 4.69) is 10.5 Å². The highest BCUT2D eigenvalue weighted by molar-refractivity contribution is 6.22. The summed E-state index contributed by atoms with van der Waals surface area (Å²) >= 11 is 0. The van der Waals surface area contributed by atoms with Crippen LogP contribution in [0.3, 0.4) is 0 Å². The fourth-order valence-electron chi connectivity index (χ4n) is 3.59. The molecular weight excluding hydrogens is 332 g/mol. The van der Waals surface area contributed by atoms with E-state index in [1.165, 1.54) is 4.90 Å². The maximum absolute atomic E-state index is 12.6. The molecule has 7 nitrogen and oxygen atoms in total. The zero-order valence-corrected chi connectivity index (χ0v) is 14.6. The average molecular weight is 352 g/mol. The van der Waals surface area contributed by atoms with E-state index in [4.69, 9.17) is 5.26 Å². The Kier molecular flexibility index (Phi) is 5.12. The second-order valence-electron chi connectivity index (χ2n) is 6.62. The van der Waals surface area contributed by atoms with Gasteiger partial charge < -0.3 is 0 Å². The van der Waals surface area contributed by atoms with Gasteiger partial charge in [0.1, 0.15) is 6.42 Å². The molecule has 3 amide bonds. The van der Waals surface area contributed by atoms with E-state index in [9.17, 15) is 14.4 Å². The summed E-state index contributed by atoms with van der Waals surface area (Å²) in [5.41, 5.74) is 4.19. The number of amides is 3. The Hall–Kier alpha value is -3.01. The molecule has 0 bridgehead atoms. The van der Waals surface area contributed by atoms with Crippen molar-refractivity contribution < 1.29 is 14.4 Å². The maximum Gasteiger partial charge on any atom is 0.254 e. The van der Waals surface area contributed by atoms with Crippen LogP contribution in [0.2, 0.25) is 0 Å². The largest absolute Gasteiger partial charge is 0.274 e. The minimum absolute atomic E-state index is 0.0957. The zero-order valence-electron chi connectivity index (χ0n) is 14.6. The predicted molar refractivity (Wildman–Crippen MR) is 95.0 cm³/mol. The summed E-state index contributed by atoms with van der Waals surface area (Å²) in [6, 6.07) is 8.70. The SMILES string of the molecule is C/C(=N\NC(=O)CC#N)c1ccc(N2C(=O)C3CCCCC3C2=O)cc1. The summed E-state index contributed by atoms with van der Waals surface area (Å²) in [6.07, 6.45) is 3.33. The van der Waals surface area contributed by atoms with E-state index < -0.39 is 5.91 Å². The lowest BCUT2D eigenvalue weighted by atomic mass is 9.81. The van der Waals surface area contributed by atoms with E-state index in [1.807, 2.05) is 0 Å². The van der Waals surface area contributed by atoms with Gasteiger partial charge in [0.15, 0.2) is 0 Å². The lowest BCUT2D eigenvalue weighted by molar-refractivity contribution is -0.123. The van der Waals surface area contributed by atoms with Gasteiger partial charge in [-0.15, -0.1) is 0 Å². The Morgan fingerprint density at radius 2 is 1.77 bits per heavy atom. The lowest BCUT2D eigenvalue weighted by Gasteiger charge is -2.19. The smallest absolute Gasteiger partial charge is 0.254 e. The molecule has 1 saturated carbocycles. The molecule has 0 aromatic heterocycles. The zero-order chi connectivity index (χ0) is 18.7. The highest BCUT2D eigenvalue weighted by atomic mass is 16.2. The summed E-state index contributed by atoms with van der Waals surface area (Å²) in [6.45, 7) is 1.72. The van der Waals surface area contributed by atoms with Crippen LogP contribution < -0.4 is 10.3 Å². The number of nitriles is 1. The summed E-state index contributed by atoms with van der Waals surface area (Å²) in [4.78, 5) is 37.8. The fraction of sp³-hybridized carbons (Fsp3) is 0.421. The van der Waals surface area contributed by atoms with Crippen LogP contribution in [0.4, 0.5) is 5.69 Å². The van der Waals surface area contributed by atoms with Crippen molar-refractivity contribution >= 4 is 29.1 Å². The molecule has 3 rings (SSSR count). The molecule has 0 radical (unpaired) electrons. The normalized spacial score (nSPS) is 22.8. The van der Waals surface area contributed by atoms with Gasteiger partial charge >= 0.3 is 0 Å². The topological polar surface area (TPSA) is 103 Å². The van der Waals surface area contributed by atoms with Gasteiger partial charge in [0.2, 0.25) is 11.8 Å². The van der Waals surface area contributed by atoms with Crippen molar-refractivity contribution in [2.75, 3.05) is 4.90 Å².